The summed E-state index contributed by atoms with van der Waals surface area (Å²) in [5.74, 6) is -0.00394. The molecule has 0 radical (unpaired) electrons. The number of thiophene rings is 1. The molecule has 6 nitrogen and oxygen atoms in total. The first-order valence-electron chi connectivity index (χ1n) is 10.5. The Morgan fingerprint density at radius 2 is 1.70 bits per heavy atom. The first-order chi connectivity index (χ1) is 16.0. The van der Waals surface area contributed by atoms with E-state index in [1.807, 2.05) is 47.2 Å². The molecule has 1 aliphatic heterocycles. The van der Waals surface area contributed by atoms with Crippen molar-refractivity contribution < 1.29 is 9.59 Å². The fraction of sp³-hybridized carbons (Fsp3) is 0.250. The Morgan fingerprint density at radius 3 is 2.21 bits per heavy atom. The molecule has 33 heavy (non-hydrogen) atoms. The van der Waals surface area contributed by atoms with E-state index in [4.69, 9.17) is 23.2 Å². The van der Waals surface area contributed by atoms with Crippen LogP contribution in [0.1, 0.15) is 5.56 Å². The van der Waals surface area contributed by atoms with Crippen molar-refractivity contribution in [1.82, 2.24) is 4.90 Å². The lowest BCUT2D eigenvalue weighted by atomic mass is 10.2. The molecule has 0 aliphatic carbocycles. The van der Waals surface area contributed by atoms with E-state index in [1.165, 1.54) is 0 Å². The molecule has 1 saturated heterocycles. The molecule has 0 spiro atoms. The average Bonchev–Trinajstić information content (AvgIpc) is 3.33. The lowest BCUT2D eigenvalue weighted by Gasteiger charge is -2.34. The topological polar surface area (TPSA) is 64.7 Å². The normalized spacial score (nSPS) is 13.1. The molecule has 1 fully saturated rings. The predicted octanol–water partition coefficient (Wildman–Crippen LogP) is 5.24. The van der Waals surface area contributed by atoms with Crippen LogP contribution in [0, 0.1) is 0 Å². The van der Waals surface area contributed by atoms with Crippen molar-refractivity contribution in [3.8, 4) is 0 Å². The second kappa shape index (κ2) is 12.5. The van der Waals surface area contributed by atoms with Gasteiger partial charge in [-0.05, 0) is 58.8 Å². The van der Waals surface area contributed by atoms with Crippen LogP contribution in [0.25, 0.3) is 0 Å². The molecule has 2 amide bonds. The first-order valence-corrected chi connectivity index (χ1v) is 12.2. The van der Waals surface area contributed by atoms with Gasteiger partial charge >= 0.3 is 0 Å². The highest BCUT2D eigenvalue weighted by Crippen LogP contribution is 2.28. The molecule has 3 aromatic rings. The van der Waals surface area contributed by atoms with Crippen molar-refractivity contribution in [2.24, 2.45) is 0 Å². The highest BCUT2D eigenvalue weighted by atomic mass is 35.5. The lowest BCUT2D eigenvalue weighted by Crippen LogP contribution is -2.45. The molecule has 2 N–H and O–H groups in total. The minimum absolute atomic E-state index is 0.00394. The number of carbonyl (C=O) groups is 2. The number of nitrogens with zero attached hydrogens (tertiary/aromatic N) is 2. The molecule has 9 heteroatoms. The van der Waals surface area contributed by atoms with Gasteiger partial charge in [-0.15, -0.1) is 0 Å². The van der Waals surface area contributed by atoms with Crippen molar-refractivity contribution in [3.05, 3.63) is 74.9 Å². The summed E-state index contributed by atoms with van der Waals surface area (Å²) in [6.07, 6.45) is 1.31. The minimum atomic E-state index is -0.00394. The largest absolute Gasteiger partial charge is 0.386 e. The lowest BCUT2D eigenvalue weighted by molar-refractivity contribution is -0.118. The molecule has 0 atom stereocenters. The van der Waals surface area contributed by atoms with Crippen molar-refractivity contribution in [3.63, 3.8) is 0 Å². The maximum absolute atomic E-state index is 12.0. The van der Waals surface area contributed by atoms with Gasteiger partial charge in [0, 0.05) is 44.6 Å². The zero-order valence-electron chi connectivity index (χ0n) is 18.3. The fourth-order valence-electron chi connectivity index (χ4n) is 3.36. The summed E-state index contributed by atoms with van der Waals surface area (Å²) in [7, 11) is 1.78. The van der Waals surface area contributed by atoms with Crippen LogP contribution in [0.3, 0.4) is 0 Å². The summed E-state index contributed by atoms with van der Waals surface area (Å²) in [6, 6.07) is 15.2. The maximum atomic E-state index is 12.0. The number of para-hydroxylation sites is 1. The molecule has 2 heterocycles. The standard InChI is InChI=1S/C17H19N3O2S.C7H7Cl2N/c21-13-19-6-8-20(9-7-19)16-3-1-15(2-4-16)18-17(22)11-14-5-10-23-12-14;1-10-7-5(8)3-2-4-6(7)9/h1-5,10,12-13H,6-9,11H2,(H,18,22);2-4,10H,1H3. The third-order valence-electron chi connectivity index (χ3n) is 5.14. The van der Waals surface area contributed by atoms with Gasteiger partial charge in [0.05, 0.1) is 22.2 Å². The summed E-state index contributed by atoms with van der Waals surface area (Å²) < 4.78 is 0. The van der Waals surface area contributed by atoms with Crippen LogP contribution in [-0.2, 0) is 16.0 Å². The zero-order chi connectivity index (χ0) is 23.6. The molecule has 174 valence electrons. The third-order valence-corrected chi connectivity index (χ3v) is 6.50. The third kappa shape index (κ3) is 7.39. The van der Waals surface area contributed by atoms with E-state index in [0.717, 1.165) is 55.2 Å². The van der Waals surface area contributed by atoms with Crippen molar-refractivity contribution in [2.45, 2.75) is 6.42 Å². The van der Waals surface area contributed by atoms with Crippen LogP contribution >= 0.6 is 34.5 Å². The van der Waals surface area contributed by atoms with Crippen molar-refractivity contribution in [2.75, 3.05) is 48.8 Å². The van der Waals surface area contributed by atoms with E-state index in [-0.39, 0.29) is 5.91 Å². The second-order valence-electron chi connectivity index (χ2n) is 7.38. The molecule has 1 aromatic heterocycles. The van der Waals surface area contributed by atoms with Gasteiger partial charge in [0.2, 0.25) is 12.3 Å². The van der Waals surface area contributed by atoms with E-state index in [2.05, 4.69) is 15.5 Å². The Balaban J connectivity index is 0.000000257. The van der Waals surface area contributed by atoms with E-state index >= 15 is 0 Å². The van der Waals surface area contributed by atoms with Gasteiger partial charge in [0.1, 0.15) is 0 Å². The van der Waals surface area contributed by atoms with E-state index in [9.17, 15) is 9.59 Å². The van der Waals surface area contributed by atoms with Crippen LogP contribution in [0.2, 0.25) is 10.0 Å². The quantitative estimate of drug-likeness (QED) is 0.450. The number of nitrogens with one attached hydrogen (secondary N) is 2. The minimum Gasteiger partial charge on any atom is -0.386 e. The second-order valence-corrected chi connectivity index (χ2v) is 8.97. The van der Waals surface area contributed by atoms with Crippen LogP contribution in [0.15, 0.2) is 59.3 Å². The molecule has 2 aromatic carbocycles. The molecule has 1 aliphatic rings. The smallest absolute Gasteiger partial charge is 0.228 e. The number of benzene rings is 2. The fourth-order valence-corrected chi connectivity index (χ4v) is 4.62. The number of piperazine rings is 1. The van der Waals surface area contributed by atoms with E-state index < -0.39 is 0 Å². The van der Waals surface area contributed by atoms with Crippen molar-refractivity contribution >= 4 is 63.9 Å². The molecule has 0 unspecified atom stereocenters. The van der Waals surface area contributed by atoms with Crippen LogP contribution < -0.4 is 15.5 Å². The summed E-state index contributed by atoms with van der Waals surface area (Å²) in [5.41, 5.74) is 3.75. The number of hydrogen-bond donors (Lipinski definition) is 2. The summed E-state index contributed by atoms with van der Waals surface area (Å²) in [4.78, 5) is 26.7. The van der Waals surface area contributed by atoms with Gasteiger partial charge in [0.25, 0.3) is 0 Å². The molecular formula is C24H26Cl2N4O2S. The Hall–Kier alpha value is -2.74. The molecule has 0 bridgehead atoms. The van der Waals surface area contributed by atoms with Crippen molar-refractivity contribution in [1.29, 1.82) is 0 Å². The number of amides is 2. The Morgan fingerprint density at radius 1 is 1.03 bits per heavy atom. The van der Waals surface area contributed by atoms with E-state index in [1.54, 1.807) is 35.4 Å². The number of hydrogen-bond acceptors (Lipinski definition) is 5. The van der Waals surface area contributed by atoms with Gasteiger partial charge < -0.3 is 20.4 Å². The monoisotopic (exact) mass is 504 g/mol. The van der Waals surface area contributed by atoms with E-state index in [0.29, 0.717) is 16.5 Å². The maximum Gasteiger partial charge on any atom is 0.228 e. The van der Waals surface area contributed by atoms with Gasteiger partial charge in [-0.25, -0.2) is 0 Å². The summed E-state index contributed by atoms with van der Waals surface area (Å²) in [6.45, 7) is 3.18. The summed E-state index contributed by atoms with van der Waals surface area (Å²) >= 11 is 13.2. The predicted molar refractivity (Wildman–Crippen MR) is 139 cm³/mol. The van der Waals surface area contributed by atoms with Gasteiger partial charge in [-0.2, -0.15) is 11.3 Å². The highest BCUT2D eigenvalue weighted by Gasteiger charge is 2.15. The van der Waals surface area contributed by atoms with Crippen LogP contribution in [0.4, 0.5) is 17.1 Å². The Kier molecular flexibility index (Phi) is 9.42. The SMILES string of the molecule is CNc1c(Cl)cccc1Cl.O=CN1CCN(c2ccc(NC(=O)Cc3ccsc3)cc2)CC1. The Bertz CT molecular complexity index is 1020. The first kappa shape index (κ1) is 24.9. The van der Waals surface area contributed by atoms with Gasteiger partial charge in [0.15, 0.2) is 0 Å². The summed E-state index contributed by atoms with van der Waals surface area (Å²) in [5, 5.41) is 11.1. The average molecular weight is 505 g/mol. The molecule has 4 rings (SSSR count). The molecule has 0 saturated carbocycles. The number of rotatable bonds is 6. The number of halogens is 2. The van der Waals surface area contributed by atoms with Crippen LogP contribution in [-0.4, -0.2) is 50.4 Å². The number of anilines is 3. The zero-order valence-corrected chi connectivity index (χ0v) is 20.6. The molecular weight excluding hydrogens is 479 g/mol. The van der Waals surface area contributed by atoms with Gasteiger partial charge in [-0.1, -0.05) is 29.3 Å². The number of carbonyl (C=O) groups excluding carboxylic acids is 2. The van der Waals surface area contributed by atoms with Gasteiger partial charge in [-0.3, -0.25) is 9.59 Å². The highest BCUT2D eigenvalue weighted by molar-refractivity contribution is 7.08. The Labute approximate surface area is 208 Å². The van der Waals surface area contributed by atoms with Crippen LogP contribution in [0.5, 0.6) is 0 Å².